The van der Waals surface area contributed by atoms with E-state index in [4.69, 9.17) is 4.74 Å². The molecule has 5 rings (SSSR count). The van der Waals surface area contributed by atoms with E-state index >= 15 is 0 Å². The minimum absolute atomic E-state index is 0.0125. The number of rotatable bonds is 8. The molecule has 2 N–H and O–H groups in total. The van der Waals surface area contributed by atoms with Crippen molar-refractivity contribution in [1.29, 1.82) is 0 Å². The lowest BCUT2D eigenvalue weighted by Crippen LogP contribution is -2.63. The summed E-state index contributed by atoms with van der Waals surface area (Å²) >= 11 is 1.56. The average molecular weight is 575 g/mol. The van der Waals surface area contributed by atoms with E-state index in [2.05, 4.69) is 4.90 Å². The number of benzene rings is 1. The summed E-state index contributed by atoms with van der Waals surface area (Å²) in [7, 11) is 0. The van der Waals surface area contributed by atoms with Gasteiger partial charge in [-0.2, -0.15) is 0 Å². The molecule has 216 valence electrons. The van der Waals surface area contributed by atoms with E-state index in [1.54, 1.807) is 35.7 Å². The molecule has 4 aliphatic rings. The van der Waals surface area contributed by atoms with Crippen molar-refractivity contribution < 1.29 is 34.3 Å². The number of aliphatic carboxylic acids is 1. The van der Waals surface area contributed by atoms with Gasteiger partial charge in [0.05, 0.1) is 23.0 Å². The molecule has 13 heteroatoms. The molecule has 1 unspecified atom stereocenters. The molecule has 0 saturated carbocycles. The molecule has 4 heterocycles. The van der Waals surface area contributed by atoms with Crippen LogP contribution in [0, 0.1) is 22.0 Å². The summed E-state index contributed by atoms with van der Waals surface area (Å²) in [5, 5.41) is 30.9. The molecule has 0 aliphatic carbocycles. The third-order valence-electron chi connectivity index (χ3n) is 8.53. The summed E-state index contributed by atoms with van der Waals surface area (Å²) in [6.07, 6.45) is 1.31. The summed E-state index contributed by atoms with van der Waals surface area (Å²) in [6.45, 7) is 6.42. The average Bonchev–Trinajstić information content (AvgIpc) is 3.49. The van der Waals surface area contributed by atoms with Crippen LogP contribution in [0.15, 0.2) is 34.9 Å². The van der Waals surface area contributed by atoms with E-state index in [-0.39, 0.29) is 41.1 Å². The van der Waals surface area contributed by atoms with Gasteiger partial charge in [0.15, 0.2) is 0 Å². The van der Waals surface area contributed by atoms with Gasteiger partial charge in [-0.3, -0.25) is 19.8 Å². The molecule has 1 aromatic carbocycles. The third-order valence-corrected chi connectivity index (χ3v) is 10.1. The Balaban J connectivity index is 1.11. The van der Waals surface area contributed by atoms with Gasteiger partial charge in [0.2, 0.25) is 5.91 Å². The van der Waals surface area contributed by atoms with Crippen LogP contribution in [0.2, 0.25) is 0 Å². The number of piperidine rings is 1. The summed E-state index contributed by atoms with van der Waals surface area (Å²) in [5.74, 6) is -2.11. The molecule has 0 bridgehead atoms. The maximum atomic E-state index is 12.6. The van der Waals surface area contributed by atoms with Crippen molar-refractivity contribution in [3.05, 3.63) is 50.5 Å². The van der Waals surface area contributed by atoms with E-state index in [1.807, 2.05) is 6.92 Å². The first-order valence-electron chi connectivity index (χ1n) is 13.6. The Kier molecular flexibility index (Phi) is 8.07. The number of aliphatic hydroxyl groups excluding tert-OH is 1. The number of hydrogen-bond donors (Lipinski definition) is 2. The highest BCUT2D eigenvalue weighted by Crippen LogP contribution is 2.52. The molecule has 0 aromatic heterocycles. The first kappa shape index (κ1) is 28.4. The Bertz CT molecular complexity index is 1210. The molecular weight excluding hydrogens is 540 g/mol. The van der Waals surface area contributed by atoms with E-state index in [1.165, 1.54) is 17.0 Å². The number of likely N-dealkylation sites (tertiary alicyclic amines) is 2. The number of hydrogen-bond acceptors (Lipinski definition) is 9. The highest BCUT2D eigenvalue weighted by atomic mass is 32.2. The molecule has 12 nitrogen and oxygen atoms in total. The maximum absolute atomic E-state index is 12.6. The van der Waals surface area contributed by atoms with Crippen molar-refractivity contribution in [2.24, 2.45) is 11.8 Å². The van der Waals surface area contributed by atoms with Crippen molar-refractivity contribution in [2.45, 2.75) is 63.2 Å². The standard InChI is InChI=1S/C27H34N4O8S/c1-15-22-21(16(2)32)25(33)30(22)23(26(34)35)24(15)40-20-9-12-29(13-20)18-7-10-28(11-8-18)27(36)39-14-17-3-5-19(6-4-17)31(37)38/h3-6,15-16,18,20-22,32H,7-14H2,1-2H3,(H,34,35)/t15-,16-,20?,21-,22-/m1/s1. The van der Waals surface area contributed by atoms with Crippen molar-refractivity contribution in [3.63, 3.8) is 0 Å². The van der Waals surface area contributed by atoms with Crippen LogP contribution in [-0.2, 0) is 20.9 Å². The van der Waals surface area contributed by atoms with Gasteiger partial charge in [-0.25, -0.2) is 9.59 Å². The second kappa shape index (κ2) is 11.4. The van der Waals surface area contributed by atoms with E-state index < -0.39 is 29.0 Å². The number of carboxylic acid groups (broad SMARTS) is 1. The van der Waals surface area contributed by atoms with E-state index in [9.17, 15) is 34.7 Å². The Labute approximate surface area is 236 Å². The van der Waals surface area contributed by atoms with Gasteiger partial charge in [-0.1, -0.05) is 6.92 Å². The Morgan fingerprint density at radius 1 is 1.18 bits per heavy atom. The lowest BCUT2D eigenvalue weighted by molar-refractivity contribution is -0.384. The predicted molar refractivity (Wildman–Crippen MR) is 145 cm³/mol. The zero-order valence-corrected chi connectivity index (χ0v) is 23.3. The minimum Gasteiger partial charge on any atom is -0.477 e. The lowest BCUT2D eigenvalue weighted by atomic mass is 9.79. The second-order valence-electron chi connectivity index (χ2n) is 11.0. The Hall–Kier alpha value is -3.16. The van der Waals surface area contributed by atoms with Crippen LogP contribution in [0.3, 0.4) is 0 Å². The number of ether oxygens (including phenoxy) is 1. The van der Waals surface area contributed by atoms with Gasteiger partial charge in [-0.05, 0) is 50.4 Å². The number of carboxylic acids is 1. The molecule has 40 heavy (non-hydrogen) atoms. The second-order valence-corrected chi connectivity index (χ2v) is 12.3. The van der Waals surface area contributed by atoms with Crippen LogP contribution >= 0.6 is 11.8 Å². The summed E-state index contributed by atoms with van der Waals surface area (Å²) in [5.41, 5.74) is 0.743. The van der Waals surface area contributed by atoms with Crippen LogP contribution in [0.5, 0.6) is 0 Å². The van der Waals surface area contributed by atoms with Gasteiger partial charge in [-0.15, -0.1) is 11.8 Å². The molecular formula is C27H34N4O8S. The largest absolute Gasteiger partial charge is 0.477 e. The number of non-ortho nitro benzene ring substituents is 1. The molecule has 0 radical (unpaired) electrons. The van der Waals surface area contributed by atoms with Crippen molar-refractivity contribution in [3.8, 4) is 0 Å². The number of aliphatic hydroxyl groups is 1. The fraction of sp³-hybridized carbons (Fsp3) is 0.593. The van der Waals surface area contributed by atoms with Crippen LogP contribution < -0.4 is 0 Å². The maximum Gasteiger partial charge on any atom is 0.410 e. The quantitative estimate of drug-likeness (QED) is 0.269. The highest BCUT2D eigenvalue weighted by Gasteiger charge is 2.60. The van der Waals surface area contributed by atoms with Crippen molar-refractivity contribution in [2.75, 3.05) is 26.2 Å². The van der Waals surface area contributed by atoms with Crippen LogP contribution in [-0.4, -0.2) is 97.4 Å². The van der Waals surface area contributed by atoms with Crippen LogP contribution in [0.25, 0.3) is 0 Å². The number of thioether (sulfide) groups is 1. The number of amides is 2. The third kappa shape index (κ3) is 5.29. The molecule has 0 spiro atoms. The monoisotopic (exact) mass is 574 g/mol. The summed E-state index contributed by atoms with van der Waals surface area (Å²) < 4.78 is 5.42. The fourth-order valence-electron chi connectivity index (χ4n) is 6.40. The first-order chi connectivity index (χ1) is 19.1. The predicted octanol–water partition coefficient (Wildman–Crippen LogP) is 2.66. The van der Waals surface area contributed by atoms with Gasteiger partial charge in [0.1, 0.15) is 12.3 Å². The first-order valence-corrected chi connectivity index (χ1v) is 14.5. The molecule has 1 aromatic rings. The number of carbonyl (C=O) groups excluding carboxylic acids is 2. The molecule has 4 aliphatic heterocycles. The van der Waals surface area contributed by atoms with Crippen LogP contribution in [0.1, 0.15) is 38.7 Å². The zero-order chi connectivity index (χ0) is 28.7. The SMILES string of the molecule is C[C@@H](O)[C@H]1C(=O)N2C(C(=O)O)=C(SC3CCN(C4CCN(C(=O)OCc5ccc([N+](=O)[O-])cc5)CC4)C3)[C@H](C)[C@H]12. The number of carbonyl (C=O) groups is 3. The Morgan fingerprint density at radius 3 is 2.45 bits per heavy atom. The molecule has 2 amide bonds. The smallest absolute Gasteiger partial charge is 0.410 e. The fourth-order valence-corrected chi connectivity index (χ4v) is 7.90. The topological polar surface area (TPSA) is 154 Å². The van der Waals surface area contributed by atoms with Crippen molar-refractivity contribution in [1.82, 2.24) is 14.7 Å². The van der Waals surface area contributed by atoms with Gasteiger partial charge in [0, 0.05) is 53.9 Å². The highest BCUT2D eigenvalue weighted by molar-refractivity contribution is 8.03. The van der Waals surface area contributed by atoms with E-state index in [0.29, 0.717) is 24.7 Å². The minimum atomic E-state index is -1.10. The van der Waals surface area contributed by atoms with Crippen molar-refractivity contribution >= 4 is 35.4 Å². The Morgan fingerprint density at radius 2 is 1.85 bits per heavy atom. The molecule has 3 saturated heterocycles. The zero-order valence-electron chi connectivity index (χ0n) is 22.5. The number of nitro groups is 1. The number of β-lactam (4-membered cyclic amide) rings is 1. The summed E-state index contributed by atoms with van der Waals surface area (Å²) in [4.78, 5) is 53.8. The van der Waals surface area contributed by atoms with E-state index in [0.717, 1.165) is 37.3 Å². The lowest BCUT2D eigenvalue weighted by Gasteiger charge is -2.46. The van der Waals surface area contributed by atoms with Gasteiger partial charge in [0.25, 0.3) is 5.69 Å². The summed E-state index contributed by atoms with van der Waals surface area (Å²) in [6, 6.07) is 5.94. The molecule has 3 fully saturated rings. The van der Waals surface area contributed by atoms with Crippen LogP contribution in [0.4, 0.5) is 10.5 Å². The molecule has 5 atom stereocenters. The number of fused-ring (bicyclic) bond motifs is 1. The van der Waals surface area contributed by atoms with Gasteiger partial charge < -0.3 is 24.7 Å². The normalized spacial score (nSPS) is 27.9. The van der Waals surface area contributed by atoms with Gasteiger partial charge >= 0.3 is 12.1 Å². The number of nitrogens with zero attached hydrogens (tertiary/aromatic N) is 4. The number of nitro benzene ring substituents is 1.